The predicted molar refractivity (Wildman–Crippen MR) is 114 cm³/mol. The first kappa shape index (κ1) is 20.2. The Hall–Kier alpha value is -3.54. The highest BCUT2D eigenvalue weighted by molar-refractivity contribution is 5.87. The molecule has 0 atom stereocenters. The molecule has 1 aromatic heterocycles. The minimum Gasteiger partial charge on any atom is -0.493 e. The molecule has 0 aliphatic carbocycles. The zero-order valence-corrected chi connectivity index (χ0v) is 16.6. The lowest BCUT2D eigenvalue weighted by Crippen LogP contribution is -2.24. The molecule has 0 bridgehead atoms. The van der Waals surface area contributed by atoms with Crippen molar-refractivity contribution in [1.29, 1.82) is 0 Å². The molecule has 0 aliphatic rings. The summed E-state index contributed by atoms with van der Waals surface area (Å²) in [4.78, 5) is 24.7. The largest absolute Gasteiger partial charge is 0.493 e. The molecule has 150 valence electrons. The van der Waals surface area contributed by atoms with Gasteiger partial charge in [-0.1, -0.05) is 36.4 Å². The SMILES string of the molecule is COc1cc2ccn(C/C=C/C(=O)NCCc3ccccc3)c(=O)c2cc1OC. The van der Waals surface area contributed by atoms with Crippen LogP contribution in [0.1, 0.15) is 5.56 Å². The molecule has 3 rings (SSSR count). The number of methoxy groups -OCH3 is 2. The van der Waals surface area contributed by atoms with E-state index in [0.717, 1.165) is 11.8 Å². The zero-order chi connectivity index (χ0) is 20.6. The Morgan fingerprint density at radius 2 is 1.79 bits per heavy atom. The van der Waals surface area contributed by atoms with Gasteiger partial charge in [0, 0.05) is 25.4 Å². The summed E-state index contributed by atoms with van der Waals surface area (Å²) in [7, 11) is 3.09. The Balaban J connectivity index is 1.63. The van der Waals surface area contributed by atoms with Crippen molar-refractivity contribution in [2.24, 2.45) is 0 Å². The number of amides is 1. The second-order valence-corrected chi connectivity index (χ2v) is 6.50. The smallest absolute Gasteiger partial charge is 0.258 e. The molecule has 0 radical (unpaired) electrons. The molecule has 0 saturated heterocycles. The molecular formula is C23H24N2O4. The maximum Gasteiger partial charge on any atom is 0.258 e. The van der Waals surface area contributed by atoms with Gasteiger partial charge in [-0.2, -0.15) is 0 Å². The average Bonchev–Trinajstić information content (AvgIpc) is 2.75. The van der Waals surface area contributed by atoms with Crippen molar-refractivity contribution in [3.8, 4) is 11.5 Å². The highest BCUT2D eigenvalue weighted by Crippen LogP contribution is 2.30. The number of aromatic nitrogens is 1. The van der Waals surface area contributed by atoms with Crippen LogP contribution in [0.4, 0.5) is 0 Å². The lowest BCUT2D eigenvalue weighted by Gasteiger charge is -2.10. The fourth-order valence-corrected chi connectivity index (χ4v) is 3.06. The topological polar surface area (TPSA) is 69.6 Å². The Morgan fingerprint density at radius 1 is 1.07 bits per heavy atom. The van der Waals surface area contributed by atoms with E-state index >= 15 is 0 Å². The van der Waals surface area contributed by atoms with Crippen LogP contribution in [0.5, 0.6) is 11.5 Å². The summed E-state index contributed by atoms with van der Waals surface area (Å²) in [6.07, 6.45) is 5.60. The number of fused-ring (bicyclic) bond motifs is 1. The number of rotatable bonds is 8. The van der Waals surface area contributed by atoms with Crippen molar-refractivity contribution in [3.63, 3.8) is 0 Å². The number of nitrogens with one attached hydrogen (secondary N) is 1. The summed E-state index contributed by atoms with van der Waals surface area (Å²) in [5.74, 6) is 0.897. The number of hydrogen-bond acceptors (Lipinski definition) is 4. The molecule has 29 heavy (non-hydrogen) atoms. The lowest BCUT2D eigenvalue weighted by molar-refractivity contribution is -0.116. The molecule has 0 saturated carbocycles. The molecule has 0 spiro atoms. The van der Waals surface area contributed by atoms with Gasteiger partial charge in [-0.3, -0.25) is 9.59 Å². The number of hydrogen-bond donors (Lipinski definition) is 1. The van der Waals surface area contributed by atoms with Gasteiger partial charge in [0.1, 0.15) is 0 Å². The maximum atomic E-state index is 12.7. The second kappa shape index (κ2) is 9.59. The second-order valence-electron chi connectivity index (χ2n) is 6.50. The first-order chi connectivity index (χ1) is 14.1. The Morgan fingerprint density at radius 3 is 2.52 bits per heavy atom. The minimum absolute atomic E-state index is 0.155. The molecule has 1 amide bonds. The van der Waals surface area contributed by atoms with Crippen molar-refractivity contribution in [1.82, 2.24) is 9.88 Å². The van der Waals surface area contributed by atoms with E-state index in [-0.39, 0.29) is 11.5 Å². The number of ether oxygens (including phenoxy) is 2. The summed E-state index contributed by atoms with van der Waals surface area (Å²) < 4.78 is 12.1. The summed E-state index contributed by atoms with van der Waals surface area (Å²) in [5.41, 5.74) is 1.02. The van der Waals surface area contributed by atoms with Crippen LogP contribution >= 0.6 is 0 Å². The summed E-state index contributed by atoms with van der Waals surface area (Å²) in [6, 6.07) is 15.3. The fraction of sp³-hybridized carbons (Fsp3) is 0.217. The molecule has 6 heteroatoms. The van der Waals surface area contributed by atoms with E-state index in [1.165, 1.54) is 18.7 Å². The first-order valence-electron chi connectivity index (χ1n) is 9.36. The molecule has 0 aliphatic heterocycles. The zero-order valence-electron chi connectivity index (χ0n) is 16.6. The van der Waals surface area contributed by atoms with Gasteiger partial charge in [0.05, 0.1) is 19.6 Å². The molecule has 6 nitrogen and oxygen atoms in total. The van der Waals surface area contributed by atoms with E-state index in [1.807, 2.05) is 36.4 Å². The monoisotopic (exact) mass is 392 g/mol. The van der Waals surface area contributed by atoms with Crippen molar-refractivity contribution in [2.75, 3.05) is 20.8 Å². The number of allylic oxidation sites excluding steroid dienone is 1. The molecule has 2 aromatic carbocycles. The lowest BCUT2D eigenvalue weighted by atomic mass is 10.1. The van der Waals surface area contributed by atoms with Crippen molar-refractivity contribution < 1.29 is 14.3 Å². The Labute approximate surface area is 169 Å². The van der Waals surface area contributed by atoms with Crippen molar-refractivity contribution in [3.05, 3.63) is 82.8 Å². The van der Waals surface area contributed by atoms with E-state index in [4.69, 9.17) is 9.47 Å². The van der Waals surface area contributed by atoms with Crippen molar-refractivity contribution >= 4 is 16.7 Å². The van der Waals surface area contributed by atoms with E-state index in [0.29, 0.717) is 30.0 Å². The van der Waals surface area contributed by atoms with E-state index in [2.05, 4.69) is 5.32 Å². The molecule has 3 aromatic rings. The van der Waals surface area contributed by atoms with Crippen LogP contribution in [0.2, 0.25) is 0 Å². The standard InChI is InChI=1S/C23H24N2O4/c1-28-20-15-18-11-14-25(23(27)19(18)16-21(20)29-2)13-6-9-22(26)24-12-10-17-7-4-3-5-8-17/h3-9,11,14-16H,10,12-13H2,1-2H3,(H,24,26)/b9-6+. The van der Waals surface area contributed by atoms with Crippen LogP contribution in [0.15, 0.2) is 71.7 Å². The minimum atomic E-state index is -0.179. The van der Waals surface area contributed by atoms with Crippen LogP contribution in [-0.2, 0) is 17.8 Å². The normalized spacial score (nSPS) is 11.0. The van der Waals surface area contributed by atoms with Crippen LogP contribution in [-0.4, -0.2) is 31.2 Å². The fourth-order valence-electron chi connectivity index (χ4n) is 3.06. The van der Waals surface area contributed by atoms with Gasteiger partial charge in [0.15, 0.2) is 11.5 Å². The van der Waals surface area contributed by atoms with Gasteiger partial charge >= 0.3 is 0 Å². The van der Waals surface area contributed by atoms with Gasteiger partial charge in [0.2, 0.25) is 5.91 Å². The van der Waals surface area contributed by atoms with Gasteiger partial charge in [-0.25, -0.2) is 0 Å². The summed E-state index contributed by atoms with van der Waals surface area (Å²) in [6.45, 7) is 0.861. The predicted octanol–water partition coefficient (Wildman–Crippen LogP) is 2.93. The summed E-state index contributed by atoms with van der Waals surface area (Å²) in [5, 5.41) is 4.15. The molecule has 0 unspecified atom stereocenters. The first-order valence-corrected chi connectivity index (χ1v) is 9.36. The van der Waals surface area contributed by atoms with Crippen LogP contribution in [0.25, 0.3) is 10.8 Å². The highest BCUT2D eigenvalue weighted by Gasteiger charge is 2.09. The molecular weight excluding hydrogens is 368 g/mol. The third kappa shape index (κ3) is 5.04. The third-order valence-corrected chi connectivity index (χ3v) is 4.61. The Kier molecular flexibility index (Phi) is 6.68. The average molecular weight is 392 g/mol. The van der Waals surface area contributed by atoms with Crippen LogP contribution < -0.4 is 20.3 Å². The van der Waals surface area contributed by atoms with Gasteiger partial charge in [-0.15, -0.1) is 0 Å². The number of carbonyl (C=O) groups is 1. The summed E-state index contributed by atoms with van der Waals surface area (Å²) >= 11 is 0. The quantitative estimate of drug-likeness (QED) is 0.599. The van der Waals surface area contributed by atoms with E-state index < -0.39 is 0 Å². The van der Waals surface area contributed by atoms with E-state index in [9.17, 15) is 9.59 Å². The highest BCUT2D eigenvalue weighted by atomic mass is 16.5. The third-order valence-electron chi connectivity index (χ3n) is 4.61. The van der Waals surface area contributed by atoms with Gasteiger partial charge in [-0.05, 0) is 35.6 Å². The number of benzene rings is 2. The van der Waals surface area contributed by atoms with Crippen LogP contribution in [0.3, 0.4) is 0 Å². The number of pyridine rings is 1. The van der Waals surface area contributed by atoms with Crippen molar-refractivity contribution in [2.45, 2.75) is 13.0 Å². The maximum absolute atomic E-state index is 12.7. The molecule has 1 N–H and O–H groups in total. The Bertz CT molecular complexity index is 1070. The number of nitrogens with zero attached hydrogens (tertiary/aromatic N) is 1. The molecule has 0 fully saturated rings. The van der Waals surface area contributed by atoms with Gasteiger partial charge < -0.3 is 19.4 Å². The van der Waals surface area contributed by atoms with Crippen LogP contribution in [0, 0.1) is 0 Å². The number of carbonyl (C=O) groups excluding carboxylic acids is 1. The van der Waals surface area contributed by atoms with Gasteiger partial charge in [0.25, 0.3) is 5.56 Å². The van der Waals surface area contributed by atoms with E-state index in [1.54, 1.807) is 36.1 Å². The molecule has 1 heterocycles.